The number of carbonyl (C=O) groups is 2. The summed E-state index contributed by atoms with van der Waals surface area (Å²) < 4.78 is 5.84. The number of carbonyl (C=O) groups excluding carboxylic acids is 1. The number of halogens is 1. The van der Waals surface area contributed by atoms with Gasteiger partial charge in [0.15, 0.2) is 11.5 Å². The monoisotopic (exact) mass is 451 g/mol. The second kappa shape index (κ2) is 6.84. The number of ether oxygens (including phenoxy) is 1. The van der Waals surface area contributed by atoms with Gasteiger partial charge < -0.3 is 14.9 Å². The second-order valence-corrected chi connectivity index (χ2v) is 7.05. The number of hydrogen-bond donors (Lipinski definition) is 2. The minimum absolute atomic E-state index is 0.0266. The molecule has 1 aliphatic heterocycles. The number of aliphatic carboxylic acids is 1. The molecular weight excluding hydrogens is 441 g/mol. The Balaban J connectivity index is 2.34. The number of thiocarbonyl (C=S) groups is 1. The quantitative estimate of drug-likeness (QED) is 0.413. The lowest BCUT2D eigenvalue weighted by atomic mass is 10.2. The van der Waals surface area contributed by atoms with Crippen LogP contribution in [0.5, 0.6) is 11.5 Å². The SMILES string of the molecule is COc1cc(/C=C2/SC(=S)N(CC(=O)O)C2=O)cc(I)c1O. The van der Waals surface area contributed by atoms with Crippen LogP contribution in [0.2, 0.25) is 0 Å². The maximum Gasteiger partial charge on any atom is 0.323 e. The van der Waals surface area contributed by atoms with Crippen LogP contribution in [-0.4, -0.2) is 45.0 Å². The molecule has 9 heteroatoms. The summed E-state index contributed by atoms with van der Waals surface area (Å²) in [4.78, 5) is 24.3. The van der Waals surface area contributed by atoms with Gasteiger partial charge in [-0.1, -0.05) is 24.0 Å². The van der Waals surface area contributed by atoms with Crippen LogP contribution in [0.4, 0.5) is 0 Å². The summed E-state index contributed by atoms with van der Waals surface area (Å²) in [7, 11) is 1.43. The molecule has 0 saturated carbocycles. The topological polar surface area (TPSA) is 87.1 Å². The Kier molecular flexibility index (Phi) is 5.29. The highest BCUT2D eigenvalue weighted by Gasteiger charge is 2.33. The fourth-order valence-corrected chi connectivity index (χ4v) is 3.64. The van der Waals surface area contributed by atoms with Gasteiger partial charge in [0, 0.05) is 0 Å². The Morgan fingerprint density at radius 1 is 1.55 bits per heavy atom. The molecule has 0 aromatic heterocycles. The molecule has 2 rings (SSSR count). The van der Waals surface area contributed by atoms with Crippen molar-refractivity contribution < 1.29 is 24.5 Å². The van der Waals surface area contributed by atoms with Crippen molar-refractivity contribution in [3.05, 3.63) is 26.2 Å². The van der Waals surface area contributed by atoms with Gasteiger partial charge in [0.25, 0.3) is 5.91 Å². The Bertz CT molecular complexity index is 704. The van der Waals surface area contributed by atoms with E-state index in [4.69, 9.17) is 22.1 Å². The molecule has 1 saturated heterocycles. The molecule has 1 fully saturated rings. The number of amides is 1. The first-order chi connectivity index (χ1) is 10.3. The molecule has 0 spiro atoms. The van der Waals surface area contributed by atoms with Crippen molar-refractivity contribution in [2.24, 2.45) is 0 Å². The zero-order valence-electron chi connectivity index (χ0n) is 11.2. The van der Waals surface area contributed by atoms with E-state index in [1.165, 1.54) is 7.11 Å². The van der Waals surface area contributed by atoms with Gasteiger partial charge in [0.2, 0.25) is 0 Å². The molecule has 0 atom stereocenters. The van der Waals surface area contributed by atoms with Crippen molar-refractivity contribution in [1.29, 1.82) is 0 Å². The number of nitrogens with zero attached hydrogens (tertiary/aromatic N) is 1. The number of rotatable bonds is 4. The molecule has 2 N–H and O–H groups in total. The van der Waals surface area contributed by atoms with Crippen LogP contribution in [0.15, 0.2) is 17.0 Å². The predicted molar refractivity (Wildman–Crippen MR) is 94.9 cm³/mol. The third-order valence-electron chi connectivity index (χ3n) is 2.74. The molecule has 22 heavy (non-hydrogen) atoms. The van der Waals surface area contributed by atoms with Gasteiger partial charge in [-0.25, -0.2) is 0 Å². The number of aromatic hydroxyl groups is 1. The number of phenolic OH excluding ortho intramolecular Hbond substituents is 1. The lowest BCUT2D eigenvalue weighted by molar-refractivity contribution is -0.140. The first kappa shape index (κ1) is 17.0. The summed E-state index contributed by atoms with van der Waals surface area (Å²) >= 11 is 8.01. The van der Waals surface area contributed by atoms with Gasteiger partial charge >= 0.3 is 5.97 Å². The van der Waals surface area contributed by atoms with Crippen LogP contribution in [0.1, 0.15) is 5.56 Å². The summed E-state index contributed by atoms with van der Waals surface area (Å²) in [5.74, 6) is -1.25. The Morgan fingerprint density at radius 3 is 2.82 bits per heavy atom. The first-order valence-electron chi connectivity index (χ1n) is 5.87. The van der Waals surface area contributed by atoms with E-state index in [1.807, 2.05) is 22.6 Å². The maximum absolute atomic E-state index is 12.2. The zero-order chi connectivity index (χ0) is 16.4. The summed E-state index contributed by atoms with van der Waals surface area (Å²) in [6.07, 6.45) is 1.59. The third kappa shape index (κ3) is 3.52. The van der Waals surface area contributed by atoms with Gasteiger partial charge in [0.05, 0.1) is 15.6 Å². The molecule has 1 amide bonds. The number of phenols is 1. The summed E-state index contributed by atoms with van der Waals surface area (Å²) in [5, 5.41) is 18.6. The van der Waals surface area contributed by atoms with Gasteiger partial charge in [-0.05, 0) is 46.4 Å². The van der Waals surface area contributed by atoms with E-state index in [2.05, 4.69) is 0 Å². The molecule has 6 nitrogen and oxygen atoms in total. The van der Waals surface area contributed by atoms with Crippen molar-refractivity contribution >= 4 is 68.8 Å². The number of carboxylic acids is 1. The van der Waals surface area contributed by atoms with Crippen LogP contribution in [0.3, 0.4) is 0 Å². The summed E-state index contributed by atoms with van der Waals surface area (Å²) in [6.45, 7) is -0.460. The van der Waals surface area contributed by atoms with Crippen LogP contribution in [0.25, 0.3) is 6.08 Å². The molecule has 116 valence electrons. The van der Waals surface area contributed by atoms with Gasteiger partial charge in [-0.2, -0.15) is 0 Å². The van der Waals surface area contributed by atoms with E-state index in [0.717, 1.165) is 16.7 Å². The molecule has 1 aliphatic rings. The number of thioether (sulfide) groups is 1. The molecular formula is C13H10INO5S2. The fourth-order valence-electron chi connectivity index (χ4n) is 1.76. The van der Waals surface area contributed by atoms with E-state index in [9.17, 15) is 14.7 Å². The van der Waals surface area contributed by atoms with Crippen LogP contribution < -0.4 is 4.74 Å². The van der Waals surface area contributed by atoms with Gasteiger partial charge in [-0.3, -0.25) is 14.5 Å². The van der Waals surface area contributed by atoms with Crippen molar-refractivity contribution in [2.75, 3.05) is 13.7 Å². The molecule has 0 radical (unpaired) electrons. The van der Waals surface area contributed by atoms with E-state index < -0.39 is 18.4 Å². The smallest absolute Gasteiger partial charge is 0.323 e. The molecule has 0 bridgehead atoms. The highest BCUT2D eigenvalue weighted by Crippen LogP contribution is 2.36. The number of hydrogen-bond acceptors (Lipinski definition) is 6. The Labute approximate surface area is 149 Å². The van der Waals surface area contributed by atoms with Crippen LogP contribution >= 0.6 is 46.6 Å². The molecule has 1 aromatic carbocycles. The average molecular weight is 451 g/mol. The third-order valence-corrected chi connectivity index (χ3v) is 4.94. The number of carboxylic acid groups (broad SMARTS) is 1. The zero-order valence-corrected chi connectivity index (χ0v) is 15.0. The van der Waals surface area contributed by atoms with Gasteiger partial charge in [0.1, 0.15) is 10.9 Å². The normalized spacial score (nSPS) is 16.5. The van der Waals surface area contributed by atoms with Crippen LogP contribution in [0, 0.1) is 3.57 Å². The standard InChI is InChI=1S/C13H10INO5S2/c1-20-8-3-6(2-7(14)11(8)18)4-9-12(19)15(5-10(16)17)13(21)22-9/h2-4,18H,5H2,1H3,(H,16,17)/b9-4+. The fraction of sp³-hybridized carbons (Fsp3) is 0.154. The highest BCUT2D eigenvalue weighted by molar-refractivity contribution is 14.1. The summed E-state index contributed by atoms with van der Waals surface area (Å²) in [5.41, 5.74) is 0.648. The van der Waals surface area contributed by atoms with Crippen molar-refractivity contribution in [1.82, 2.24) is 4.90 Å². The van der Waals surface area contributed by atoms with Crippen molar-refractivity contribution in [3.8, 4) is 11.5 Å². The summed E-state index contributed by atoms with van der Waals surface area (Å²) in [6, 6.07) is 3.27. The van der Waals surface area contributed by atoms with Crippen LogP contribution in [-0.2, 0) is 9.59 Å². The highest BCUT2D eigenvalue weighted by atomic mass is 127. The van der Waals surface area contributed by atoms with E-state index in [1.54, 1.807) is 18.2 Å². The maximum atomic E-state index is 12.2. The molecule has 0 aliphatic carbocycles. The lowest BCUT2D eigenvalue weighted by Gasteiger charge is -2.10. The second-order valence-electron chi connectivity index (χ2n) is 4.22. The minimum Gasteiger partial charge on any atom is -0.504 e. The first-order valence-corrected chi connectivity index (χ1v) is 8.17. The van der Waals surface area contributed by atoms with E-state index in [0.29, 0.717) is 19.8 Å². The Morgan fingerprint density at radius 2 is 2.23 bits per heavy atom. The average Bonchev–Trinajstić information content (AvgIpc) is 2.70. The number of benzene rings is 1. The molecule has 1 heterocycles. The largest absolute Gasteiger partial charge is 0.504 e. The molecule has 1 aromatic rings. The predicted octanol–water partition coefficient (Wildman–Crippen LogP) is 2.29. The lowest BCUT2D eigenvalue weighted by Crippen LogP contribution is -2.33. The van der Waals surface area contributed by atoms with Crippen molar-refractivity contribution in [3.63, 3.8) is 0 Å². The van der Waals surface area contributed by atoms with Gasteiger partial charge in [-0.15, -0.1) is 0 Å². The van der Waals surface area contributed by atoms with E-state index in [-0.39, 0.29) is 10.1 Å². The van der Waals surface area contributed by atoms with E-state index >= 15 is 0 Å². The molecule has 0 unspecified atom stereocenters. The minimum atomic E-state index is -1.13. The number of methoxy groups -OCH3 is 1. The van der Waals surface area contributed by atoms with Crippen molar-refractivity contribution in [2.45, 2.75) is 0 Å². The Hall–Kier alpha value is -1.33.